The van der Waals surface area contributed by atoms with Gasteiger partial charge in [-0.1, -0.05) is 42.5 Å². The maximum absolute atomic E-state index is 12.7. The molecule has 0 aromatic heterocycles. The summed E-state index contributed by atoms with van der Waals surface area (Å²) in [6.07, 6.45) is 0. The van der Waals surface area contributed by atoms with Gasteiger partial charge in [-0.05, 0) is 50.9 Å². The standard InChI is InChI=1S/C19H26O3Si2/c1-23(2,3)21-18-16(15-11-8-7-9-12-15)13-10-14-17(18)19(20)22-24(4,5)6/h7-14H,1-6H3. The first-order valence-electron chi connectivity index (χ1n) is 8.18. The summed E-state index contributed by atoms with van der Waals surface area (Å²) >= 11 is 0. The summed E-state index contributed by atoms with van der Waals surface area (Å²) in [6.45, 7) is 12.4. The average Bonchev–Trinajstić information content (AvgIpc) is 2.45. The molecule has 2 aromatic carbocycles. The third-order valence-electron chi connectivity index (χ3n) is 3.13. The Morgan fingerprint density at radius 3 is 1.96 bits per heavy atom. The predicted molar refractivity (Wildman–Crippen MR) is 105 cm³/mol. The number of hydrogen-bond donors (Lipinski definition) is 0. The smallest absolute Gasteiger partial charge is 0.328 e. The Bertz CT molecular complexity index is 714. The van der Waals surface area contributed by atoms with E-state index in [0.717, 1.165) is 11.1 Å². The fraction of sp³-hybridized carbons (Fsp3) is 0.316. The van der Waals surface area contributed by atoms with Crippen molar-refractivity contribution in [3.8, 4) is 16.9 Å². The zero-order valence-electron chi connectivity index (χ0n) is 15.3. The molecule has 0 aliphatic carbocycles. The van der Waals surface area contributed by atoms with Crippen molar-refractivity contribution in [1.29, 1.82) is 0 Å². The second-order valence-corrected chi connectivity index (χ2v) is 16.6. The van der Waals surface area contributed by atoms with E-state index in [1.165, 1.54) is 0 Å². The highest BCUT2D eigenvalue weighted by Crippen LogP contribution is 2.35. The number of rotatable bonds is 5. The minimum atomic E-state index is -1.98. The fourth-order valence-corrected chi connectivity index (χ4v) is 3.79. The predicted octanol–water partition coefficient (Wildman–Crippen LogP) is 5.56. The van der Waals surface area contributed by atoms with E-state index < -0.39 is 16.6 Å². The molecular weight excluding hydrogens is 332 g/mol. The van der Waals surface area contributed by atoms with Crippen molar-refractivity contribution in [3.05, 3.63) is 54.1 Å². The largest absolute Gasteiger partial charge is 0.543 e. The monoisotopic (exact) mass is 358 g/mol. The Labute approximate surface area is 146 Å². The van der Waals surface area contributed by atoms with E-state index in [2.05, 4.69) is 19.6 Å². The van der Waals surface area contributed by atoms with Crippen LogP contribution < -0.4 is 4.43 Å². The van der Waals surface area contributed by atoms with Crippen molar-refractivity contribution in [2.75, 3.05) is 0 Å². The lowest BCUT2D eigenvalue weighted by molar-refractivity contribution is 0.0722. The summed E-state index contributed by atoms with van der Waals surface area (Å²) in [6, 6.07) is 15.7. The third kappa shape index (κ3) is 5.07. The van der Waals surface area contributed by atoms with Gasteiger partial charge in [-0.25, -0.2) is 4.79 Å². The van der Waals surface area contributed by atoms with Crippen LogP contribution in [0.2, 0.25) is 39.3 Å². The Morgan fingerprint density at radius 1 is 0.792 bits per heavy atom. The topological polar surface area (TPSA) is 35.5 Å². The summed E-state index contributed by atoms with van der Waals surface area (Å²) in [5.74, 6) is 0.353. The summed E-state index contributed by atoms with van der Waals surface area (Å²) in [5, 5.41) is 0. The fourth-order valence-electron chi connectivity index (χ4n) is 2.29. The normalized spacial score (nSPS) is 11.9. The highest BCUT2D eigenvalue weighted by Gasteiger charge is 2.27. The molecule has 0 saturated heterocycles. The molecule has 0 radical (unpaired) electrons. The van der Waals surface area contributed by atoms with Crippen LogP contribution in [-0.4, -0.2) is 22.6 Å². The molecule has 0 aliphatic heterocycles. The van der Waals surface area contributed by atoms with E-state index in [-0.39, 0.29) is 5.97 Å². The van der Waals surface area contributed by atoms with Gasteiger partial charge in [0.15, 0.2) is 0 Å². The molecule has 0 N–H and O–H groups in total. The molecule has 0 bridgehead atoms. The van der Waals surface area contributed by atoms with Crippen molar-refractivity contribution in [2.45, 2.75) is 39.3 Å². The molecule has 128 valence electrons. The minimum absolute atomic E-state index is 0.291. The molecule has 0 unspecified atom stereocenters. The molecule has 2 aromatic rings. The van der Waals surface area contributed by atoms with Gasteiger partial charge in [-0.15, -0.1) is 0 Å². The van der Waals surface area contributed by atoms with Crippen molar-refractivity contribution >= 4 is 22.6 Å². The van der Waals surface area contributed by atoms with Crippen LogP contribution in [0.1, 0.15) is 10.4 Å². The molecule has 5 heteroatoms. The van der Waals surface area contributed by atoms with Gasteiger partial charge in [-0.3, -0.25) is 0 Å². The first kappa shape index (κ1) is 18.5. The number of para-hydroxylation sites is 1. The lowest BCUT2D eigenvalue weighted by Gasteiger charge is -2.25. The molecular formula is C19H26O3Si2. The van der Waals surface area contributed by atoms with E-state index in [1.807, 2.05) is 62.1 Å². The molecule has 0 heterocycles. The molecule has 2 rings (SSSR count). The lowest BCUT2D eigenvalue weighted by Crippen LogP contribution is -2.32. The van der Waals surface area contributed by atoms with E-state index in [4.69, 9.17) is 8.85 Å². The van der Waals surface area contributed by atoms with Crippen LogP contribution in [0.5, 0.6) is 5.75 Å². The third-order valence-corrected chi connectivity index (χ3v) is 4.74. The van der Waals surface area contributed by atoms with Gasteiger partial charge in [0.25, 0.3) is 0 Å². The molecule has 3 nitrogen and oxygen atoms in total. The molecule has 0 aliphatic rings. The highest BCUT2D eigenvalue weighted by atomic mass is 28.4. The SMILES string of the molecule is C[Si](C)(C)OC(=O)c1cccc(-c2ccccc2)c1O[Si](C)(C)C. The van der Waals surface area contributed by atoms with Gasteiger partial charge in [-0.2, -0.15) is 0 Å². The zero-order chi connectivity index (χ0) is 18.0. The van der Waals surface area contributed by atoms with Crippen LogP contribution in [-0.2, 0) is 4.43 Å². The number of benzene rings is 2. The summed E-state index contributed by atoms with van der Waals surface area (Å²) in [7, 11) is -3.87. The lowest BCUT2D eigenvalue weighted by atomic mass is 10.0. The van der Waals surface area contributed by atoms with E-state index >= 15 is 0 Å². The molecule has 0 fully saturated rings. The quantitative estimate of drug-likeness (QED) is 0.656. The van der Waals surface area contributed by atoms with Crippen LogP contribution >= 0.6 is 0 Å². The van der Waals surface area contributed by atoms with Gasteiger partial charge in [0, 0.05) is 5.56 Å². The Hall–Kier alpha value is -1.86. The van der Waals surface area contributed by atoms with Crippen LogP contribution in [0.25, 0.3) is 11.1 Å². The number of hydrogen-bond acceptors (Lipinski definition) is 3. The van der Waals surface area contributed by atoms with Crippen LogP contribution in [0.15, 0.2) is 48.5 Å². The molecule has 0 saturated carbocycles. The van der Waals surface area contributed by atoms with E-state index in [0.29, 0.717) is 11.3 Å². The van der Waals surface area contributed by atoms with Gasteiger partial charge in [0.1, 0.15) is 5.75 Å². The van der Waals surface area contributed by atoms with Crippen LogP contribution in [0, 0.1) is 0 Å². The van der Waals surface area contributed by atoms with E-state index in [9.17, 15) is 4.79 Å². The maximum atomic E-state index is 12.7. The minimum Gasteiger partial charge on any atom is -0.543 e. The van der Waals surface area contributed by atoms with Gasteiger partial charge in [0.2, 0.25) is 16.6 Å². The second kappa shape index (κ2) is 6.95. The summed E-state index contributed by atoms with van der Waals surface area (Å²) in [5.41, 5.74) is 2.48. The van der Waals surface area contributed by atoms with Crippen molar-refractivity contribution < 1.29 is 13.6 Å². The van der Waals surface area contributed by atoms with Gasteiger partial charge in [0.05, 0.1) is 5.56 Å². The summed E-state index contributed by atoms with van der Waals surface area (Å²) < 4.78 is 12.0. The Morgan fingerprint density at radius 2 is 1.42 bits per heavy atom. The van der Waals surface area contributed by atoms with Crippen molar-refractivity contribution in [1.82, 2.24) is 0 Å². The summed E-state index contributed by atoms with van der Waals surface area (Å²) in [4.78, 5) is 12.7. The Balaban J connectivity index is 2.57. The number of carbonyl (C=O) groups excluding carboxylic acids is 1. The first-order chi connectivity index (χ1) is 11.1. The average molecular weight is 359 g/mol. The first-order valence-corrected chi connectivity index (χ1v) is 15.0. The molecule has 24 heavy (non-hydrogen) atoms. The van der Waals surface area contributed by atoms with E-state index in [1.54, 1.807) is 6.07 Å². The van der Waals surface area contributed by atoms with Crippen LogP contribution in [0.3, 0.4) is 0 Å². The van der Waals surface area contributed by atoms with Crippen molar-refractivity contribution in [3.63, 3.8) is 0 Å². The maximum Gasteiger partial charge on any atom is 0.328 e. The van der Waals surface area contributed by atoms with Gasteiger partial charge < -0.3 is 8.85 Å². The zero-order valence-corrected chi connectivity index (χ0v) is 17.3. The second-order valence-electron chi connectivity index (χ2n) is 7.76. The highest BCUT2D eigenvalue weighted by molar-refractivity contribution is 6.71. The Kier molecular flexibility index (Phi) is 5.35. The molecule has 0 spiro atoms. The molecule has 0 amide bonds. The van der Waals surface area contributed by atoms with Crippen molar-refractivity contribution in [2.24, 2.45) is 0 Å². The number of carbonyl (C=O) groups is 1. The van der Waals surface area contributed by atoms with Crippen LogP contribution in [0.4, 0.5) is 0 Å². The van der Waals surface area contributed by atoms with Gasteiger partial charge >= 0.3 is 5.97 Å². The molecule has 0 atom stereocenters.